The highest BCUT2D eigenvalue weighted by atomic mass is 16.6. The van der Waals surface area contributed by atoms with Gasteiger partial charge in [-0.15, -0.1) is 0 Å². The van der Waals surface area contributed by atoms with Crippen LogP contribution in [0.25, 0.3) is 17.2 Å². The first-order valence-electron chi connectivity index (χ1n) is 9.32. The topological polar surface area (TPSA) is 65.2 Å². The van der Waals surface area contributed by atoms with E-state index in [0.717, 1.165) is 30.0 Å². The first-order valence-corrected chi connectivity index (χ1v) is 9.32. The molecule has 3 aromatic rings. The van der Waals surface area contributed by atoms with Gasteiger partial charge >= 0.3 is 6.09 Å². The van der Waals surface area contributed by atoms with Gasteiger partial charge in [-0.3, -0.25) is 0 Å². The Morgan fingerprint density at radius 1 is 1.15 bits per heavy atom. The number of aromatic nitrogens is 4. The summed E-state index contributed by atoms with van der Waals surface area (Å²) >= 11 is 0. The van der Waals surface area contributed by atoms with E-state index in [4.69, 9.17) is 4.74 Å². The summed E-state index contributed by atoms with van der Waals surface area (Å²) in [6.45, 7) is 3.63. The van der Waals surface area contributed by atoms with Crippen LogP contribution in [0.1, 0.15) is 25.8 Å². The van der Waals surface area contributed by atoms with Crippen molar-refractivity contribution in [3.05, 3.63) is 55.0 Å². The van der Waals surface area contributed by atoms with Crippen LogP contribution in [-0.4, -0.2) is 50.0 Å². The third kappa shape index (κ3) is 3.45. The molecule has 1 saturated heterocycles. The standard InChI is InChI=1S/C20H23N5O2/c1-2-27-20(26)23-13-9-16(10-14-23)24-15-12-21-19(24)18-8-11-22-25(18)17-6-4-3-5-7-17/h3-8,11-12,15-16H,2,9-10,13-14H2,1H3. The molecule has 0 radical (unpaired) electrons. The predicted octanol–water partition coefficient (Wildman–Crippen LogP) is 3.53. The molecule has 1 fully saturated rings. The number of rotatable bonds is 4. The molecule has 2 aromatic heterocycles. The van der Waals surface area contributed by atoms with E-state index in [-0.39, 0.29) is 6.09 Å². The normalized spacial score (nSPS) is 15.1. The van der Waals surface area contributed by atoms with Crippen LogP contribution >= 0.6 is 0 Å². The van der Waals surface area contributed by atoms with E-state index in [1.807, 2.05) is 60.4 Å². The summed E-state index contributed by atoms with van der Waals surface area (Å²) in [5.74, 6) is 0.894. The van der Waals surface area contributed by atoms with E-state index in [1.165, 1.54) is 0 Å². The second-order valence-electron chi connectivity index (χ2n) is 6.54. The number of likely N-dealkylation sites (tertiary alicyclic amines) is 1. The zero-order valence-electron chi connectivity index (χ0n) is 15.4. The Balaban J connectivity index is 1.56. The molecule has 7 heteroatoms. The van der Waals surface area contributed by atoms with Crippen molar-refractivity contribution in [3.63, 3.8) is 0 Å². The molecule has 1 aromatic carbocycles. The van der Waals surface area contributed by atoms with Crippen molar-refractivity contribution in [2.45, 2.75) is 25.8 Å². The maximum absolute atomic E-state index is 11.9. The number of hydrogen-bond donors (Lipinski definition) is 0. The Morgan fingerprint density at radius 3 is 2.67 bits per heavy atom. The van der Waals surface area contributed by atoms with Gasteiger partial charge in [0.1, 0.15) is 5.69 Å². The number of piperidine rings is 1. The fraction of sp³-hybridized carbons (Fsp3) is 0.350. The average Bonchev–Trinajstić information content (AvgIpc) is 3.38. The number of amides is 1. The van der Waals surface area contributed by atoms with Crippen LogP contribution in [0.2, 0.25) is 0 Å². The van der Waals surface area contributed by atoms with Gasteiger partial charge in [0.2, 0.25) is 0 Å². The van der Waals surface area contributed by atoms with Gasteiger partial charge in [-0.2, -0.15) is 5.10 Å². The van der Waals surface area contributed by atoms with Crippen LogP contribution in [0, 0.1) is 0 Å². The fourth-order valence-electron chi connectivity index (χ4n) is 3.60. The molecule has 0 bridgehead atoms. The van der Waals surface area contributed by atoms with Crippen molar-refractivity contribution in [1.82, 2.24) is 24.2 Å². The summed E-state index contributed by atoms with van der Waals surface area (Å²) in [5, 5.41) is 4.48. The van der Waals surface area contributed by atoms with E-state index < -0.39 is 0 Å². The number of ether oxygens (including phenoxy) is 1. The Kier molecular flexibility index (Phi) is 4.91. The van der Waals surface area contributed by atoms with Gasteiger partial charge in [0.05, 0.1) is 18.5 Å². The zero-order valence-corrected chi connectivity index (χ0v) is 15.4. The molecule has 0 saturated carbocycles. The Bertz CT molecular complexity index is 894. The fourth-order valence-corrected chi connectivity index (χ4v) is 3.60. The van der Waals surface area contributed by atoms with Crippen molar-refractivity contribution in [2.75, 3.05) is 19.7 Å². The summed E-state index contributed by atoms with van der Waals surface area (Å²) in [6, 6.07) is 12.3. The van der Waals surface area contributed by atoms with Crippen molar-refractivity contribution < 1.29 is 9.53 Å². The van der Waals surface area contributed by atoms with E-state index >= 15 is 0 Å². The number of carbonyl (C=O) groups is 1. The van der Waals surface area contributed by atoms with Crippen molar-refractivity contribution >= 4 is 6.09 Å². The lowest BCUT2D eigenvalue weighted by Crippen LogP contribution is -2.39. The molecule has 1 aliphatic rings. The molecule has 140 valence electrons. The second-order valence-corrected chi connectivity index (χ2v) is 6.54. The van der Waals surface area contributed by atoms with Crippen LogP contribution in [0.4, 0.5) is 4.79 Å². The van der Waals surface area contributed by atoms with Crippen LogP contribution in [0.15, 0.2) is 55.0 Å². The quantitative estimate of drug-likeness (QED) is 0.709. The molecule has 1 amide bonds. The van der Waals surface area contributed by atoms with E-state index in [0.29, 0.717) is 25.7 Å². The lowest BCUT2D eigenvalue weighted by molar-refractivity contribution is 0.0928. The summed E-state index contributed by atoms with van der Waals surface area (Å²) in [7, 11) is 0. The Labute approximate surface area is 158 Å². The summed E-state index contributed by atoms with van der Waals surface area (Å²) in [4.78, 5) is 18.3. The van der Waals surface area contributed by atoms with Gasteiger partial charge in [0.25, 0.3) is 0 Å². The first kappa shape index (κ1) is 17.3. The largest absolute Gasteiger partial charge is 0.450 e. The minimum absolute atomic E-state index is 0.219. The molecular formula is C20H23N5O2. The smallest absolute Gasteiger partial charge is 0.409 e. The summed E-state index contributed by atoms with van der Waals surface area (Å²) < 4.78 is 9.23. The number of imidazole rings is 1. The lowest BCUT2D eigenvalue weighted by atomic mass is 10.0. The van der Waals surface area contributed by atoms with Crippen molar-refractivity contribution in [2.24, 2.45) is 0 Å². The zero-order chi connectivity index (χ0) is 18.6. The maximum Gasteiger partial charge on any atom is 0.409 e. The van der Waals surface area contributed by atoms with Gasteiger partial charge in [0.15, 0.2) is 5.82 Å². The Morgan fingerprint density at radius 2 is 1.93 bits per heavy atom. The molecule has 7 nitrogen and oxygen atoms in total. The maximum atomic E-state index is 11.9. The molecule has 27 heavy (non-hydrogen) atoms. The SMILES string of the molecule is CCOC(=O)N1CCC(n2ccnc2-c2ccnn2-c2ccccc2)CC1. The van der Waals surface area contributed by atoms with Crippen LogP contribution < -0.4 is 0 Å². The third-order valence-corrected chi connectivity index (χ3v) is 4.93. The molecule has 1 aliphatic heterocycles. The van der Waals surface area contributed by atoms with Crippen molar-refractivity contribution in [3.8, 4) is 17.2 Å². The van der Waals surface area contributed by atoms with Gasteiger partial charge in [-0.25, -0.2) is 14.5 Å². The molecule has 0 atom stereocenters. The second kappa shape index (κ2) is 7.65. The van der Waals surface area contributed by atoms with Crippen LogP contribution in [-0.2, 0) is 4.74 Å². The third-order valence-electron chi connectivity index (χ3n) is 4.93. The van der Waals surface area contributed by atoms with Gasteiger partial charge < -0.3 is 14.2 Å². The number of carbonyl (C=O) groups excluding carboxylic acids is 1. The van der Waals surface area contributed by atoms with Crippen LogP contribution in [0.3, 0.4) is 0 Å². The molecule has 0 N–H and O–H groups in total. The van der Waals surface area contributed by atoms with E-state index in [9.17, 15) is 4.79 Å². The highest BCUT2D eigenvalue weighted by Gasteiger charge is 2.26. The number of nitrogens with zero attached hydrogens (tertiary/aromatic N) is 5. The molecular weight excluding hydrogens is 342 g/mol. The van der Waals surface area contributed by atoms with E-state index in [1.54, 1.807) is 11.1 Å². The minimum Gasteiger partial charge on any atom is -0.450 e. The average molecular weight is 365 g/mol. The first-order chi connectivity index (χ1) is 13.3. The lowest BCUT2D eigenvalue weighted by Gasteiger charge is -2.32. The van der Waals surface area contributed by atoms with Crippen molar-refractivity contribution in [1.29, 1.82) is 0 Å². The highest BCUT2D eigenvalue weighted by molar-refractivity contribution is 5.67. The molecule has 0 unspecified atom stereocenters. The van der Waals surface area contributed by atoms with Gasteiger partial charge in [-0.1, -0.05) is 18.2 Å². The van der Waals surface area contributed by atoms with Gasteiger partial charge in [0, 0.05) is 31.5 Å². The van der Waals surface area contributed by atoms with Crippen LogP contribution in [0.5, 0.6) is 0 Å². The molecule has 3 heterocycles. The molecule has 4 rings (SSSR count). The monoisotopic (exact) mass is 365 g/mol. The van der Waals surface area contributed by atoms with Gasteiger partial charge in [-0.05, 0) is 38.0 Å². The number of para-hydroxylation sites is 1. The minimum atomic E-state index is -0.219. The number of benzene rings is 1. The van der Waals surface area contributed by atoms with E-state index in [2.05, 4.69) is 14.6 Å². The Hall–Kier alpha value is -3.09. The predicted molar refractivity (Wildman–Crippen MR) is 102 cm³/mol. The molecule has 0 aliphatic carbocycles. The molecule has 0 spiro atoms. The highest BCUT2D eigenvalue weighted by Crippen LogP contribution is 2.29. The number of hydrogen-bond acceptors (Lipinski definition) is 4. The summed E-state index contributed by atoms with van der Waals surface area (Å²) in [6.07, 6.45) is 7.18. The summed E-state index contributed by atoms with van der Waals surface area (Å²) in [5.41, 5.74) is 1.96.